The van der Waals surface area contributed by atoms with Crippen molar-refractivity contribution in [1.29, 1.82) is 0 Å². The number of H-pyrrole nitrogens is 1. The van der Waals surface area contributed by atoms with E-state index in [9.17, 15) is 4.79 Å². The number of methoxy groups -OCH3 is 1. The number of carbonyl (C=O) groups excluding carboxylic acids is 1. The second-order valence-corrected chi connectivity index (χ2v) is 7.53. The molecule has 2 saturated heterocycles. The van der Waals surface area contributed by atoms with Crippen LogP contribution >= 0.6 is 0 Å². The summed E-state index contributed by atoms with van der Waals surface area (Å²) in [6.07, 6.45) is 7.08. The molecule has 1 spiro atoms. The van der Waals surface area contributed by atoms with Crippen molar-refractivity contribution in [3.8, 4) is 0 Å². The molecule has 2 N–H and O–H groups in total. The molecule has 0 radical (unpaired) electrons. The molecule has 1 atom stereocenters. The maximum Gasteiger partial charge on any atom is 0.249 e. The Hall–Kier alpha value is -1.44. The summed E-state index contributed by atoms with van der Waals surface area (Å²) in [6, 6.07) is 0.636. The Balaban J connectivity index is 1.56. The number of hydrogen-bond donors (Lipinski definition) is 2. The number of hydrogen-bond acceptors (Lipinski definition) is 5. The first kappa shape index (κ1) is 17.0. The van der Waals surface area contributed by atoms with E-state index in [-0.39, 0.29) is 18.1 Å². The number of rotatable bonds is 3. The molecule has 1 amide bonds. The predicted molar refractivity (Wildman–Crippen MR) is 94.3 cm³/mol. The number of nitrogens with one attached hydrogen (secondary N) is 2. The summed E-state index contributed by atoms with van der Waals surface area (Å²) in [6.45, 7) is 5.18. The third kappa shape index (κ3) is 2.98. The normalized spacial score (nSPS) is 26.6. The summed E-state index contributed by atoms with van der Waals surface area (Å²) in [4.78, 5) is 25.3. The molecule has 7 nitrogen and oxygen atoms in total. The van der Waals surface area contributed by atoms with Gasteiger partial charge in [-0.05, 0) is 32.2 Å². The number of ether oxygens (including phenoxy) is 1. The van der Waals surface area contributed by atoms with Gasteiger partial charge in [-0.1, -0.05) is 0 Å². The van der Waals surface area contributed by atoms with Crippen molar-refractivity contribution in [2.24, 2.45) is 0 Å². The summed E-state index contributed by atoms with van der Waals surface area (Å²) >= 11 is 0. The lowest BCUT2D eigenvalue weighted by Crippen LogP contribution is -2.60. The maximum atomic E-state index is 12.7. The van der Waals surface area contributed by atoms with Crippen LogP contribution in [0.4, 0.5) is 0 Å². The van der Waals surface area contributed by atoms with Gasteiger partial charge in [0.1, 0.15) is 6.61 Å². The highest BCUT2D eigenvalue weighted by atomic mass is 16.5. The van der Waals surface area contributed by atoms with Crippen molar-refractivity contribution >= 4 is 5.91 Å². The summed E-state index contributed by atoms with van der Waals surface area (Å²) < 4.78 is 5.14. The van der Waals surface area contributed by atoms with E-state index in [1.807, 2.05) is 0 Å². The molecule has 0 bridgehead atoms. The van der Waals surface area contributed by atoms with Gasteiger partial charge in [0.25, 0.3) is 0 Å². The summed E-state index contributed by atoms with van der Waals surface area (Å²) in [5.41, 5.74) is 2.03. The fourth-order valence-corrected chi connectivity index (χ4v) is 4.95. The van der Waals surface area contributed by atoms with Crippen molar-refractivity contribution in [2.45, 2.75) is 43.7 Å². The van der Waals surface area contributed by atoms with E-state index in [4.69, 9.17) is 4.74 Å². The zero-order valence-corrected chi connectivity index (χ0v) is 15.1. The molecule has 0 aromatic carbocycles. The fourth-order valence-electron chi connectivity index (χ4n) is 4.95. The molecule has 3 aliphatic rings. The molecule has 138 valence electrons. The molecule has 2 fully saturated rings. The smallest absolute Gasteiger partial charge is 0.249 e. The molecule has 0 aliphatic carbocycles. The Labute approximate surface area is 149 Å². The Kier molecular flexibility index (Phi) is 4.80. The van der Waals surface area contributed by atoms with Gasteiger partial charge < -0.3 is 19.9 Å². The van der Waals surface area contributed by atoms with Gasteiger partial charge in [0, 0.05) is 51.4 Å². The molecule has 1 aromatic rings. The van der Waals surface area contributed by atoms with E-state index < -0.39 is 0 Å². The zero-order chi connectivity index (χ0) is 17.3. The first-order chi connectivity index (χ1) is 12.2. The third-order valence-electron chi connectivity index (χ3n) is 6.24. The van der Waals surface area contributed by atoms with Crippen LogP contribution in [0, 0.1) is 0 Å². The van der Waals surface area contributed by atoms with Gasteiger partial charge in [0.2, 0.25) is 5.91 Å². The van der Waals surface area contributed by atoms with Crippen LogP contribution in [-0.2, 0) is 21.5 Å². The third-order valence-corrected chi connectivity index (χ3v) is 6.24. The number of amides is 1. The molecular weight excluding hydrogens is 318 g/mol. The quantitative estimate of drug-likeness (QED) is 0.832. The SMILES string of the molecule is COCC(=O)N1CCc2[nH]cnc2C12CCN([C@@H]1CCCNC1)CC2. The number of nitrogens with zero attached hydrogens (tertiary/aromatic N) is 3. The van der Waals surface area contributed by atoms with Crippen LogP contribution in [0.1, 0.15) is 37.1 Å². The lowest BCUT2D eigenvalue weighted by molar-refractivity contribution is -0.146. The minimum Gasteiger partial charge on any atom is -0.375 e. The summed E-state index contributed by atoms with van der Waals surface area (Å²) in [7, 11) is 1.59. The lowest BCUT2D eigenvalue weighted by atomic mass is 9.78. The van der Waals surface area contributed by atoms with Crippen LogP contribution in [0.2, 0.25) is 0 Å². The number of fused-ring (bicyclic) bond motifs is 2. The van der Waals surface area contributed by atoms with Crippen molar-refractivity contribution in [3.05, 3.63) is 17.7 Å². The number of likely N-dealkylation sites (tertiary alicyclic amines) is 1. The van der Waals surface area contributed by atoms with Crippen LogP contribution in [0.25, 0.3) is 0 Å². The summed E-state index contributed by atoms with van der Waals surface area (Å²) in [5.74, 6) is 0.0870. The average Bonchev–Trinajstić information content (AvgIpc) is 3.14. The van der Waals surface area contributed by atoms with E-state index in [0.29, 0.717) is 6.04 Å². The van der Waals surface area contributed by atoms with Crippen LogP contribution in [-0.4, -0.2) is 78.2 Å². The minimum atomic E-state index is -0.262. The Morgan fingerprint density at radius 1 is 1.40 bits per heavy atom. The molecule has 3 aliphatic heterocycles. The first-order valence-electron chi connectivity index (χ1n) is 9.51. The molecule has 7 heteroatoms. The molecule has 4 heterocycles. The topological polar surface area (TPSA) is 73.5 Å². The number of piperidine rings is 2. The van der Waals surface area contributed by atoms with Gasteiger partial charge in [-0.25, -0.2) is 4.98 Å². The Bertz CT molecular complexity index is 602. The van der Waals surface area contributed by atoms with Crippen LogP contribution in [0.15, 0.2) is 6.33 Å². The highest BCUT2D eigenvalue weighted by molar-refractivity contribution is 5.79. The molecule has 0 saturated carbocycles. The minimum absolute atomic E-state index is 0.0870. The highest BCUT2D eigenvalue weighted by Crippen LogP contribution is 2.42. The highest BCUT2D eigenvalue weighted by Gasteiger charge is 2.49. The second kappa shape index (κ2) is 7.05. The first-order valence-corrected chi connectivity index (χ1v) is 9.51. The van der Waals surface area contributed by atoms with Gasteiger partial charge in [-0.15, -0.1) is 0 Å². The van der Waals surface area contributed by atoms with E-state index in [2.05, 4.69) is 25.1 Å². The zero-order valence-electron chi connectivity index (χ0n) is 15.1. The monoisotopic (exact) mass is 347 g/mol. The number of aromatic amines is 1. The fraction of sp³-hybridized carbons (Fsp3) is 0.778. The number of aromatic nitrogens is 2. The van der Waals surface area contributed by atoms with Crippen molar-refractivity contribution in [3.63, 3.8) is 0 Å². The van der Waals surface area contributed by atoms with Crippen molar-refractivity contribution < 1.29 is 9.53 Å². The van der Waals surface area contributed by atoms with Crippen LogP contribution in [0.5, 0.6) is 0 Å². The van der Waals surface area contributed by atoms with Gasteiger partial charge >= 0.3 is 0 Å². The van der Waals surface area contributed by atoms with Crippen LogP contribution < -0.4 is 5.32 Å². The molecule has 0 unspecified atom stereocenters. The van der Waals surface area contributed by atoms with E-state index in [0.717, 1.165) is 57.7 Å². The Morgan fingerprint density at radius 3 is 2.96 bits per heavy atom. The Morgan fingerprint density at radius 2 is 2.24 bits per heavy atom. The number of carbonyl (C=O) groups is 1. The van der Waals surface area contributed by atoms with Gasteiger partial charge in [0.05, 0.1) is 17.6 Å². The van der Waals surface area contributed by atoms with Gasteiger partial charge in [-0.2, -0.15) is 0 Å². The second-order valence-electron chi connectivity index (χ2n) is 7.53. The van der Waals surface area contributed by atoms with Crippen molar-refractivity contribution in [1.82, 2.24) is 25.1 Å². The molecule has 4 rings (SSSR count). The van der Waals surface area contributed by atoms with Gasteiger partial charge in [0.15, 0.2) is 0 Å². The predicted octanol–water partition coefficient (Wildman–Crippen LogP) is 0.484. The van der Waals surface area contributed by atoms with Gasteiger partial charge in [-0.3, -0.25) is 9.69 Å². The van der Waals surface area contributed by atoms with E-state index in [1.165, 1.54) is 18.5 Å². The summed E-state index contributed by atoms with van der Waals surface area (Å²) in [5, 5.41) is 3.52. The van der Waals surface area contributed by atoms with E-state index in [1.54, 1.807) is 13.4 Å². The molecular formula is C18H29N5O2. The largest absolute Gasteiger partial charge is 0.375 e. The van der Waals surface area contributed by atoms with Crippen molar-refractivity contribution in [2.75, 3.05) is 46.4 Å². The molecule has 1 aromatic heterocycles. The maximum absolute atomic E-state index is 12.7. The standard InChI is InChI=1S/C18H29N5O2/c1-25-12-16(24)23-8-4-15-17(21-13-20-15)18(23)5-9-22(10-6-18)14-3-2-7-19-11-14/h13-14,19H,2-12H2,1H3,(H,20,21)/t14-/m1/s1. The molecule has 25 heavy (non-hydrogen) atoms. The average molecular weight is 347 g/mol. The van der Waals surface area contributed by atoms with Crippen LogP contribution in [0.3, 0.4) is 0 Å². The van der Waals surface area contributed by atoms with E-state index >= 15 is 0 Å². The lowest BCUT2D eigenvalue weighted by Gasteiger charge is -2.51. The number of imidazole rings is 1.